The fourth-order valence-electron chi connectivity index (χ4n) is 2.88. The lowest BCUT2D eigenvalue weighted by molar-refractivity contribution is 0.0322. The van der Waals surface area contributed by atoms with Gasteiger partial charge in [-0.1, -0.05) is 34.8 Å². The maximum Gasteiger partial charge on any atom is 0.407 e. The number of benzene rings is 1. The third-order valence-electron chi connectivity index (χ3n) is 3.96. The summed E-state index contributed by atoms with van der Waals surface area (Å²) in [5.74, 6) is -0.185. The average molecular weight is 392 g/mol. The minimum absolute atomic E-state index is 0.185. The summed E-state index contributed by atoms with van der Waals surface area (Å²) in [6.45, 7) is 1.07. The Kier molecular flexibility index (Phi) is 3.43. The zero-order valence-corrected chi connectivity index (χ0v) is 14.6. The van der Waals surface area contributed by atoms with Crippen molar-refractivity contribution in [1.82, 2.24) is 10.2 Å². The number of alkyl carbamates (subject to hydrolysis) is 1. The number of ether oxygens (including phenoxy) is 1. The molecule has 9 heteroatoms. The van der Waals surface area contributed by atoms with E-state index in [9.17, 15) is 9.59 Å². The van der Waals surface area contributed by atoms with Crippen LogP contribution in [0.3, 0.4) is 0 Å². The number of hydrogen-bond acceptors (Lipinski definition) is 4. The molecule has 1 spiro atoms. The molecule has 2 saturated heterocycles. The largest absolute Gasteiger partial charge is 0.447 e. The monoisotopic (exact) mass is 390 g/mol. The highest BCUT2D eigenvalue weighted by Gasteiger charge is 2.51. The first-order valence-electron chi connectivity index (χ1n) is 6.70. The van der Waals surface area contributed by atoms with E-state index in [1.807, 2.05) is 0 Å². The molecule has 2 amide bonds. The van der Waals surface area contributed by atoms with Gasteiger partial charge in [-0.25, -0.2) is 4.79 Å². The lowest BCUT2D eigenvalue weighted by Crippen LogP contribution is -2.69. The molecule has 2 fully saturated rings. The standard InChI is InChI=1S/C14H9Cl3N2O3S/c15-6-1-7(16)9-8(2-6)23-11(10(9)17)12(20)19-3-14(4-19)5-22-13(21)18-14/h1-2H,3-5H2,(H,18,21). The predicted molar refractivity (Wildman–Crippen MR) is 90.0 cm³/mol. The molecule has 0 unspecified atom stereocenters. The quantitative estimate of drug-likeness (QED) is 0.804. The Bertz CT molecular complexity index is 861. The SMILES string of the molecule is O=C1NC2(CO1)CN(C(=O)c1sc3cc(Cl)cc(Cl)c3c1Cl)C2. The van der Waals surface area contributed by atoms with Crippen LogP contribution in [0.4, 0.5) is 4.79 Å². The van der Waals surface area contributed by atoms with E-state index in [4.69, 9.17) is 39.5 Å². The molecular weight excluding hydrogens is 383 g/mol. The van der Waals surface area contributed by atoms with Crippen molar-refractivity contribution in [2.45, 2.75) is 5.54 Å². The molecule has 4 rings (SSSR count). The Morgan fingerprint density at radius 2 is 2.04 bits per heavy atom. The van der Waals surface area contributed by atoms with Gasteiger partial charge in [0, 0.05) is 28.2 Å². The molecule has 1 aromatic carbocycles. The smallest absolute Gasteiger partial charge is 0.407 e. The molecule has 2 aliphatic heterocycles. The topological polar surface area (TPSA) is 58.6 Å². The Morgan fingerprint density at radius 3 is 2.70 bits per heavy atom. The van der Waals surface area contributed by atoms with Crippen LogP contribution in [0.2, 0.25) is 15.1 Å². The van der Waals surface area contributed by atoms with Gasteiger partial charge in [0.15, 0.2) is 0 Å². The van der Waals surface area contributed by atoms with Crippen LogP contribution < -0.4 is 5.32 Å². The van der Waals surface area contributed by atoms with Crippen LogP contribution in [0.5, 0.6) is 0 Å². The first-order valence-corrected chi connectivity index (χ1v) is 8.65. The van der Waals surface area contributed by atoms with E-state index in [0.29, 0.717) is 38.4 Å². The summed E-state index contributed by atoms with van der Waals surface area (Å²) in [5, 5.41) is 4.63. The molecule has 0 saturated carbocycles. The van der Waals surface area contributed by atoms with Crippen LogP contribution in [-0.2, 0) is 4.74 Å². The van der Waals surface area contributed by atoms with E-state index in [2.05, 4.69) is 5.32 Å². The number of hydrogen-bond donors (Lipinski definition) is 1. The maximum absolute atomic E-state index is 12.7. The van der Waals surface area contributed by atoms with E-state index in [1.54, 1.807) is 17.0 Å². The van der Waals surface area contributed by atoms with E-state index < -0.39 is 11.6 Å². The van der Waals surface area contributed by atoms with Crippen LogP contribution in [0.15, 0.2) is 12.1 Å². The summed E-state index contributed by atoms with van der Waals surface area (Å²) < 4.78 is 5.67. The number of likely N-dealkylation sites (tertiary alicyclic amines) is 1. The average Bonchev–Trinajstić information content (AvgIpc) is 2.97. The molecule has 2 aliphatic rings. The predicted octanol–water partition coefficient (Wildman–Crippen LogP) is 3.80. The molecule has 1 aromatic heterocycles. The number of amides is 2. The minimum Gasteiger partial charge on any atom is -0.447 e. The highest BCUT2D eigenvalue weighted by atomic mass is 35.5. The summed E-state index contributed by atoms with van der Waals surface area (Å²) in [5.41, 5.74) is -0.461. The third kappa shape index (κ3) is 2.36. The van der Waals surface area contributed by atoms with Crippen molar-refractivity contribution < 1.29 is 14.3 Å². The normalized spacial score (nSPS) is 18.9. The van der Waals surface area contributed by atoms with Crippen molar-refractivity contribution >= 4 is 68.2 Å². The molecule has 3 heterocycles. The van der Waals surface area contributed by atoms with Gasteiger partial charge in [0.1, 0.15) is 17.0 Å². The van der Waals surface area contributed by atoms with Gasteiger partial charge in [0.2, 0.25) is 0 Å². The number of carbonyl (C=O) groups excluding carboxylic acids is 2. The van der Waals surface area contributed by atoms with E-state index in [0.717, 1.165) is 4.70 Å². The maximum atomic E-state index is 12.7. The second-order valence-electron chi connectivity index (χ2n) is 5.65. The molecule has 0 atom stereocenters. The Morgan fingerprint density at radius 1 is 1.30 bits per heavy atom. The lowest BCUT2D eigenvalue weighted by Gasteiger charge is -2.45. The van der Waals surface area contributed by atoms with Crippen molar-refractivity contribution in [2.75, 3.05) is 19.7 Å². The number of nitrogens with one attached hydrogen (secondary N) is 1. The number of halogens is 3. The van der Waals surface area contributed by atoms with Gasteiger partial charge < -0.3 is 15.0 Å². The van der Waals surface area contributed by atoms with Gasteiger partial charge in [-0.2, -0.15) is 0 Å². The molecular formula is C14H9Cl3N2O3S. The molecule has 0 bridgehead atoms. The van der Waals surface area contributed by atoms with Gasteiger partial charge in [-0.05, 0) is 12.1 Å². The molecule has 0 radical (unpaired) electrons. The lowest BCUT2D eigenvalue weighted by atomic mass is 9.91. The van der Waals surface area contributed by atoms with Gasteiger partial charge in [0.25, 0.3) is 5.91 Å². The second-order valence-corrected chi connectivity index (χ2v) is 7.92. The first-order chi connectivity index (χ1) is 10.9. The molecule has 1 N–H and O–H groups in total. The Balaban J connectivity index is 1.63. The van der Waals surface area contributed by atoms with Crippen LogP contribution in [0.25, 0.3) is 10.1 Å². The summed E-state index contributed by atoms with van der Waals surface area (Å²) >= 11 is 19.8. The van der Waals surface area contributed by atoms with Gasteiger partial charge >= 0.3 is 6.09 Å². The van der Waals surface area contributed by atoms with Gasteiger partial charge in [0.05, 0.1) is 10.0 Å². The number of thiophene rings is 1. The minimum atomic E-state index is -0.461. The van der Waals surface area contributed by atoms with E-state index in [-0.39, 0.29) is 12.5 Å². The van der Waals surface area contributed by atoms with Gasteiger partial charge in [-0.15, -0.1) is 11.3 Å². The molecule has 23 heavy (non-hydrogen) atoms. The summed E-state index contributed by atoms with van der Waals surface area (Å²) in [6, 6.07) is 3.33. The van der Waals surface area contributed by atoms with Crippen LogP contribution in [0, 0.1) is 0 Å². The highest BCUT2D eigenvalue weighted by molar-refractivity contribution is 7.21. The van der Waals surface area contributed by atoms with Crippen molar-refractivity contribution in [1.29, 1.82) is 0 Å². The first kappa shape index (κ1) is 15.3. The zero-order valence-electron chi connectivity index (χ0n) is 11.5. The van der Waals surface area contributed by atoms with Crippen LogP contribution in [-0.4, -0.2) is 42.1 Å². The van der Waals surface area contributed by atoms with E-state index in [1.165, 1.54) is 11.3 Å². The fourth-order valence-corrected chi connectivity index (χ4v) is 5.22. The second kappa shape index (κ2) is 5.14. The Labute approximate surface area is 150 Å². The fraction of sp³-hybridized carbons (Fsp3) is 0.286. The van der Waals surface area contributed by atoms with Crippen molar-refractivity contribution in [2.24, 2.45) is 0 Å². The number of rotatable bonds is 1. The molecule has 0 aliphatic carbocycles. The third-order valence-corrected chi connectivity index (χ3v) is 6.10. The summed E-state index contributed by atoms with van der Waals surface area (Å²) in [4.78, 5) is 25.9. The van der Waals surface area contributed by atoms with Crippen LogP contribution >= 0.6 is 46.1 Å². The van der Waals surface area contributed by atoms with Crippen molar-refractivity contribution in [3.05, 3.63) is 32.1 Å². The molecule has 2 aromatic rings. The molecule has 5 nitrogen and oxygen atoms in total. The van der Waals surface area contributed by atoms with E-state index >= 15 is 0 Å². The number of nitrogens with zero attached hydrogens (tertiary/aromatic N) is 1. The summed E-state index contributed by atoms with van der Waals surface area (Å²) in [6.07, 6.45) is -0.446. The van der Waals surface area contributed by atoms with Gasteiger partial charge in [-0.3, -0.25) is 4.79 Å². The highest BCUT2D eigenvalue weighted by Crippen LogP contribution is 2.42. The number of fused-ring (bicyclic) bond motifs is 1. The molecule has 120 valence electrons. The summed E-state index contributed by atoms with van der Waals surface area (Å²) in [7, 11) is 0. The number of carbonyl (C=O) groups is 2. The van der Waals surface area contributed by atoms with Crippen molar-refractivity contribution in [3.8, 4) is 0 Å². The zero-order chi connectivity index (χ0) is 16.4. The number of cyclic esters (lactones) is 1. The van der Waals surface area contributed by atoms with Crippen LogP contribution in [0.1, 0.15) is 9.67 Å². The van der Waals surface area contributed by atoms with Crippen molar-refractivity contribution in [3.63, 3.8) is 0 Å². The Hall–Kier alpha value is -1.21.